The van der Waals surface area contributed by atoms with Gasteiger partial charge in [0.05, 0.1) is 24.3 Å². The summed E-state index contributed by atoms with van der Waals surface area (Å²) in [6.45, 7) is 5.25. The predicted octanol–water partition coefficient (Wildman–Crippen LogP) is 2.42. The van der Waals surface area contributed by atoms with Crippen molar-refractivity contribution >= 4 is 0 Å². The van der Waals surface area contributed by atoms with Crippen LogP contribution in [0.5, 0.6) is 5.88 Å². The fraction of sp³-hybridized carbons (Fsp3) is 0.389. The number of halogens is 1. The molecule has 0 bridgehead atoms. The Hall–Kier alpha value is -2.74. The first-order valence-corrected chi connectivity index (χ1v) is 8.54. The number of pyridine rings is 1. The Morgan fingerprint density at radius 1 is 1.38 bits per heavy atom. The van der Waals surface area contributed by atoms with E-state index in [1.807, 2.05) is 25.5 Å². The van der Waals surface area contributed by atoms with Crippen molar-refractivity contribution in [3.05, 3.63) is 59.9 Å². The normalized spacial score (nSPS) is 17.7. The van der Waals surface area contributed by atoms with Crippen molar-refractivity contribution < 1.29 is 13.7 Å². The van der Waals surface area contributed by atoms with Crippen molar-refractivity contribution in [3.63, 3.8) is 0 Å². The summed E-state index contributed by atoms with van der Waals surface area (Å²) in [5, 5.41) is 4.08. The molecule has 0 aromatic carbocycles. The quantitative estimate of drug-likeness (QED) is 0.699. The van der Waals surface area contributed by atoms with Gasteiger partial charge in [-0.1, -0.05) is 5.16 Å². The molecule has 26 heavy (non-hydrogen) atoms. The lowest BCUT2D eigenvalue weighted by molar-refractivity contribution is 0.159. The summed E-state index contributed by atoms with van der Waals surface area (Å²) >= 11 is 0. The molecule has 3 aromatic heterocycles. The SMILES string of the molecule is Cc1cc(CN2Cc3cncn3CC(COc3ncccc3F)C2)no1. The second kappa shape index (κ2) is 7.25. The molecule has 4 heterocycles. The second-order valence-electron chi connectivity index (χ2n) is 6.60. The standard InChI is InChI=1S/C18H20FN5O2/c1-13-5-15(22-26-13)9-23-7-14(8-24-12-20-6-16(24)10-23)11-25-18-17(19)3-2-4-21-18/h2-6,12,14H,7-11H2,1H3. The van der Waals surface area contributed by atoms with E-state index in [9.17, 15) is 4.39 Å². The molecular weight excluding hydrogens is 337 g/mol. The number of aromatic nitrogens is 4. The summed E-state index contributed by atoms with van der Waals surface area (Å²) in [5.74, 6) is 0.561. The van der Waals surface area contributed by atoms with Crippen LogP contribution in [0.15, 0.2) is 41.4 Å². The van der Waals surface area contributed by atoms with Gasteiger partial charge in [-0.05, 0) is 19.1 Å². The van der Waals surface area contributed by atoms with Crippen LogP contribution in [0, 0.1) is 18.7 Å². The molecule has 1 unspecified atom stereocenters. The third-order valence-corrected chi connectivity index (χ3v) is 4.40. The minimum Gasteiger partial charge on any atom is -0.475 e. The Kier molecular flexibility index (Phi) is 4.66. The zero-order valence-electron chi connectivity index (χ0n) is 14.5. The van der Waals surface area contributed by atoms with Gasteiger partial charge in [0, 0.05) is 50.6 Å². The molecule has 4 rings (SSSR count). The number of rotatable bonds is 5. The van der Waals surface area contributed by atoms with Crippen LogP contribution in [0.2, 0.25) is 0 Å². The topological polar surface area (TPSA) is 69.2 Å². The van der Waals surface area contributed by atoms with Crippen LogP contribution in [0.4, 0.5) is 4.39 Å². The largest absolute Gasteiger partial charge is 0.475 e. The fourth-order valence-electron chi connectivity index (χ4n) is 3.26. The van der Waals surface area contributed by atoms with Crippen molar-refractivity contribution in [1.29, 1.82) is 0 Å². The lowest BCUT2D eigenvalue weighted by atomic mass is 10.1. The van der Waals surface area contributed by atoms with E-state index in [4.69, 9.17) is 9.26 Å². The molecule has 0 radical (unpaired) electrons. The van der Waals surface area contributed by atoms with Crippen molar-refractivity contribution in [2.75, 3.05) is 13.2 Å². The van der Waals surface area contributed by atoms with Gasteiger partial charge in [0.2, 0.25) is 5.88 Å². The number of fused-ring (bicyclic) bond motifs is 1. The zero-order chi connectivity index (χ0) is 17.9. The van der Waals surface area contributed by atoms with Crippen molar-refractivity contribution in [2.45, 2.75) is 26.6 Å². The van der Waals surface area contributed by atoms with Crippen LogP contribution in [0.1, 0.15) is 17.1 Å². The smallest absolute Gasteiger partial charge is 0.250 e. The van der Waals surface area contributed by atoms with Gasteiger partial charge in [-0.25, -0.2) is 14.4 Å². The maximum atomic E-state index is 13.7. The number of aryl methyl sites for hydroxylation is 1. The molecule has 0 aliphatic carbocycles. The minimum absolute atomic E-state index is 0.0428. The molecule has 0 spiro atoms. The number of ether oxygens (including phenoxy) is 1. The van der Waals surface area contributed by atoms with Gasteiger partial charge < -0.3 is 13.8 Å². The molecule has 1 atom stereocenters. The molecule has 0 amide bonds. The molecule has 0 fully saturated rings. The van der Waals surface area contributed by atoms with Gasteiger partial charge in [0.25, 0.3) is 0 Å². The summed E-state index contributed by atoms with van der Waals surface area (Å²) in [6.07, 6.45) is 5.23. The first-order chi connectivity index (χ1) is 12.7. The van der Waals surface area contributed by atoms with Crippen molar-refractivity contribution in [2.24, 2.45) is 5.92 Å². The predicted molar refractivity (Wildman–Crippen MR) is 90.8 cm³/mol. The third-order valence-electron chi connectivity index (χ3n) is 4.40. The maximum Gasteiger partial charge on any atom is 0.250 e. The summed E-state index contributed by atoms with van der Waals surface area (Å²) in [5.41, 5.74) is 2.03. The zero-order valence-corrected chi connectivity index (χ0v) is 14.5. The molecule has 1 aliphatic rings. The molecule has 1 aliphatic heterocycles. The molecule has 7 nitrogen and oxygen atoms in total. The number of hydrogen-bond acceptors (Lipinski definition) is 6. The molecular formula is C18H20FN5O2. The summed E-state index contributed by atoms with van der Waals surface area (Å²) < 4.78 is 26.7. The Bertz CT molecular complexity index is 878. The summed E-state index contributed by atoms with van der Waals surface area (Å²) in [7, 11) is 0. The van der Waals surface area contributed by atoms with E-state index in [-0.39, 0.29) is 11.8 Å². The fourth-order valence-corrected chi connectivity index (χ4v) is 3.26. The molecule has 0 saturated carbocycles. The first kappa shape index (κ1) is 16.7. The van der Waals surface area contributed by atoms with Gasteiger partial charge >= 0.3 is 0 Å². The Labute approximate surface area is 150 Å². The van der Waals surface area contributed by atoms with E-state index in [0.717, 1.165) is 36.8 Å². The van der Waals surface area contributed by atoms with Crippen LogP contribution >= 0.6 is 0 Å². The second-order valence-corrected chi connectivity index (χ2v) is 6.60. The third kappa shape index (κ3) is 3.75. The Balaban J connectivity index is 1.48. The average molecular weight is 357 g/mol. The van der Waals surface area contributed by atoms with E-state index in [1.54, 1.807) is 6.07 Å². The van der Waals surface area contributed by atoms with Gasteiger partial charge in [-0.3, -0.25) is 4.90 Å². The van der Waals surface area contributed by atoms with E-state index in [1.165, 1.54) is 12.3 Å². The van der Waals surface area contributed by atoms with Gasteiger partial charge in [0.15, 0.2) is 5.82 Å². The molecule has 136 valence electrons. The highest BCUT2D eigenvalue weighted by Gasteiger charge is 2.24. The van der Waals surface area contributed by atoms with Crippen LogP contribution in [0.25, 0.3) is 0 Å². The molecule has 8 heteroatoms. The van der Waals surface area contributed by atoms with E-state index < -0.39 is 5.82 Å². The van der Waals surface area contributed by atoms with Gasteiger partial charge in [0.1, 0.15) is 5.76 Å². The average Bonchev–Trinajstić information content (AvgIpc) is 3.19. The lowest BCUT2D eigenvalue weighted by Gasteiger charge is -2.23. The lowest BCUT2D eigenvalue weighted by Crippen LogP contribution is -2.31. The molecule has 0 saturated heterocycles. The van der Waals surface area contributed by atoms with Crippen molar-refractivity contribution in [1.82, 2.24) is 24.6 Å². The van der Waals surface area contributed by atoms with Gasteiger partial charge in [-0.15, -0.1) is 0 Å². The number of imidazole rings is 1. The van der Waals surface area contributed by atoms with E-state index in [0.29, 0.717) is 13.2 Å². The maximum absolute atomic E-state index is 13.7. The number of hydrogen-bond donors (Lipinski definition) is 0. The highest BCUT2D eigenvalue weighted by atomic mass is 19.1. The van der Waals surface area contributed by atoms with Crippen molar-refractivity contribution in [3.8, 4) is 5.88 Å². The van der Waals surface area contributed by atoms with Gasteiger partial charge in [-0.2, -0.15) is 0 Å². The monoisotopic (exact) mass is 357 g/mol. The minimum atomic E-state index is -0.445. The Morgan fingerprint density at radius 2 is 2.31 bits per heavy atom. The van der Waals surface area contributed by atoms with Crippen LogP contribution in [-0.2, 0) is 19.6 Å². The van der Waals surface area contributed by atoms with Crippen LogP contribution in [-0.4, -0.2) is 37.7 Å². The summed E-state index contributed by atoms with van der Waals surface area (Å²) in [6, 6.07) is 4.84. The highest BCUT2D eigenvalue weighted by molar-refractivity contribution is 5.13. The molecule has 0 N–H and O–H groups in total. The number of nitrogens with zero attached hydrogens (tertiary/aromatic N) is 5. The summed E-state index contributed by atoms with van der Waals surface area (Å²) in [4.78, 5) is 10.5. The highest BCUT2D eigenvalue weighted by Crippen LogP contribution is 2.20. The first-order valence-electron chi connectivity index (χ1n) is 8.54. The van der Waals surface area contributed by atoms with E-state index >= 15 is 0 Å². The van der Waals surface area contributed by atoms with Crippen LogP contribution < -0.4 is 4.74 Å². The molecule has 3 aromatic rings. The van der Waals surface area contributed by atoms with E-state index in [2.05, 4.69) is 24.6 Å². The Morgan fingerprint density at radius 3 is 3.12 bits per heavy atom. The van der Waals surface area contributed by atoms with Crippen LogP contribution in [0.3, 0.4) is 0 Å².